The van der Waals surface area contributed by atoms with Crippen LogP contribution < -0.4 is 10.2 Å². The Bertz CT molecular complexity index is 1010. The van der Waals surface area contributed by atoms with Crippen LogP contribution in [-0.4, -0.2) is 57.0 Å². The summed E-state index contributed by atoms with van der Waals surface area (Å²) < 4.78 is 33.0. The van der Waals surface area contributed by atoms with Crippen molar-refractivity contribution in [1.82, 2.24) is 4.31 Å². The van der Waals surface area contributed by atoms with Gasteiger partial charge in [-0.15, -0.1) is 0 Å². The summed E-state index contributed by atoms with van der Waals surface area (Å²) in [6.45, 7) is 5.50. The minimum Gasteiger partial charge on any atom is -0.373 e. The number of morpholine rings is 1. The molecule has 0 aliphatic carbocycles. The van der Waals surface area contributed by atoms with E-state index in [1.54, 1.807) is 24.3 Å². The predicted octanol–water partition coefficient (Wildman–Crippen LogP) is 2.49. The van der Waals surface area contributed by atoms with E-state index in [4.69, 9.17) is 4.74 Å². The SMILES string of the molecule is CC1CN(S(=O)(=O)c2ccc(NC(=O)CN3CCc4ccccc43)cc2)CC(C)O1. The van der Waals surface area contributed by atoms with Crippen molar-refractivity contribution in [3.05, 3.63) is 54.1 Å². The number of carbonyl (C=O) groups excluding carboxylic acids is 1. The summed E-state index contributed by atoms with van der Waals surface area (Å²) in [5, 5.41) is 2.86. The molecule has 0 bridgehead atoms. The quantitative estimate of drug-likeness (QED) is 0.790. The Morgan fingerprint density at radius 2 is 1.73 bits per heavy atom. The van der Waals surface area contributed by atoms with Crippen molar-refractivity contribution in [2.45, 2.75) is 37.4 Å². The molecule has 2 aromatic rings. The lowest BCUT2D eigenvalue weighted by Crippen LogP contribution is -2.48. The maximum Gasteiger partial charge on any atom is 0.243 e. The molecular formula is C22H27N3O4S. The van der Waals surface area contributed by atoms with E-state index >= 15 is 0 Å². The summed E-state index contributed by atoms with van der Waals surface area (Å²) in [7, 11) is -3.59. The second-order valence-corrected chi connectivity index (χ2v) is 9.89. The Morgan fingerprint density at radius 3 is 2.43 bits per heavy atom. The smallest absolute Gasteiger partial charge is 0.243 e. The number of benzene rings is 2. The number of sulfonamides is 1. The molecule has 1 amide bonds. The number of nitrogens with zero attached hydrogens (tertiary/aromatic N) is 2. The van der Waals surface area contributed by atoms with Gasteiger partial charge in [0.05, 0.1) is 23.6 Å². The number of rotatable bonds is 5. The van der Waals surface area contributed by atoms with Crippen molar-refractivity contribution >= 4 is 27.3 Å². The first-order valence-corrected chi connectivity index (χ1v) is 11.7. The average molecular weight is 430 g/mol. The van der Waals surface area contributed by atoms with Gasteiger partial charge < -0.3 is 15.0 Å². The third kappa shape index (κ3) is 4.35. The molecule has 0 aromatic heterocycles. The predicted molar refractivity (Wildman–Crippen MR) is 116 cm³/mol. The van der Waals surface area contributed by atoms with E-state index in [0.717, 1.165) is 18.7 Å². The summed E-state index contributed by atoms with van der Waals surface area (Å²) in [6.07, 6.45) is 0.657. The van der Waals surface area contributed by atoms with Gasteiger partial charge in [-0.2, -0.15) is 4.31 Å². The lowest BCUT2D eigenvalue weighted by atomic mass is 10.2. The zero-order valence-corrected chi connectivity index (χ0v) is 18.1. The van der Waals surface area contributed by atoms with Gasteiger partial charge in [0.25, 0.3) is 0 Å². The van der Waals surface area contributed by atoms with Crippen LogP contribution in [0.5, 0.6) is 0 Å². The second kappa shape index (κ2) is 8.37. The van der Waals surface area contributed by atoms with Crippen LogP contribution in [0.1, 0.15) is 19.4 Å². The molecule has 2 aliphatic rings. The molecule has 7 nitrogen and oxygen atoms in total. The van der Waals surface area contributed by atoms with Gasteiger partial charge in [0.2, 0.25) is 15.9 Å². The number of carbonyl (C=O) groups is 1. The highest BCUT2D eigenvalue weighted by Crippen LogP contribution is 2.27. The fourth-order valence-corrected chi connectivity index (χ4v) is 5.72. The number of hydrogen-bond acceptors (Lipinski definition) is 5. The molecule has 2 atom stereocenters. The zero-order chi connectivity index (χ0) is 21.3. The van der Waals surface area contributed by atoms with Crippen LogP contribution in [0.2, 0.25) is 0 Å². The van der Waals surface area contributed by atoms with Gasteiger partial charge in [0.15, 0.2) is 0 Å². The maximum atomic E-state index is 12.9. The van der Waals surface area contributed by atoms with E-state index in [9.17, 15) is 13.2 Å². The molecule has 2 aromatic carbocycles. The Hall–Kier alpha value is -2.42. The topological polar surface area (TPSA) is 79.0 Å². The standard InChI is InChI=1S/C22H27N3O4S/c1-16-13-25(14-17(2)29-16)30(27,28)20-9-7-19(8-10-20)23-22(26)15-24-12-11-18-5-3-4-6-21(18)24/h3-10,16-17H,11-15H2,1-2H3,(H,23,26). The number of ether oxygens (including phenoxy) is 1. The van der Waals surface area contributed by atoms with E-state index in [-0.39, 0.29) is 29.6 Å². The Kier molecular flexibility index (Phi) is 5.81. The number of amides is 1. The highest BCUT2D eigenvalue weighted by molar-refractivity contribution is 7.89. The molecule has 8 heteroatoms. The lowest BCUT2D eigenvalue weighted by molar-refractivity contribution is -0.115. The molecule has 2 heterocycles. The van der Waals surface area contributed by atoms with Crippen LogP contribution in [0.25, 0.3) is 0 Å². The van der Waals surface area contributed by atoms with Crippen molar-refractivity contribution < 1.29 is 17.9 Å². The van der Waals surface area contributed by atoms with E-state index in [0.29, 0.717) is 18.8 Å². The van der Waals surface area contributed by atoms with Crippen LogP contribution in [0.4, 0.5) is 11.4 Å². The van der Waals surface area contributed by atoms with Crippen LogP contribution >= 0.6 is 0 Å². The number of para-hydroxylation sites is 1. The van der Waals surface area contributed by atoms with Crippen LogP contribution in [-0.2, 0) is 26.0 Å². The number of anilines is 2. The summed E-state index contributed by atoms with van der Waals surface area (Å²) in [6, 6.07) is 14.5. The van der Waals surface area contributed by atoms with Gasteiger partial charge in [-0.25, -0.2) is 8.42 Å². The van der Waals surface area contributed by atoms with Crippen molar-refractivity contribution in [3.8, 4) is 0 Å². The van der Waals surface area contributed by atoms with Gasteiger partial charge in [-0.3, -0.25) is 4.79 Å². The largest absolute Gasteiger partial charge is 0.373 e. The highest BCUT2D eigenvalue weighted by atomic mass is 32.2. The molecule has 30 heavy (non-hydrogen) atoms. The first kappa shape index (κ1) is 20.8. The van der Waals surface area contributed by atoms with Gasteiger partial charge in [0, 0.05) is 31.0 Å². The molecule has 1 N–H and O–H groups in total. The van der Waals surface area contributed by atoms with E-state index < -0.39 is 10.0 Å². The molecule has 2 unspecified atom stereocenters. The van der Waals surface area contributed by atoms with Crippen LogP contribution in [0.15, 0.2) is 53.4 Å². The van der Waals surface area contributed by atoms with Crippen LogP contribution in [0, 0.1) is 0 Å². The normalized spacial score (nSPS) is 22.0. The first-order valence-electron chi connectivity index (χ1n) is 10.2. The summed E-state index contributed by atoms with van der Waals surface area (Å²) in [5.41, 5.74) is 2.94. The van der Waals surface area contributed by atoms with E-state index in [1.807, 2.05) is 32.0 Å². The Morgan fingerprint density at radius 1 is 1.07 bits per heavy atom. The molecule has 0 spiro atoms. The second-order valence-electron chi connectivity index (χ2n) is 7.95. The van der Waals surface area contributed by atoms with Gasteiger partial charge in [-0.05, 0) is 56.2 Å². The van der Waals surface area contributed by atoms with Crippen molar-refractivity contribution in [2.75, 3.05) is 36.4 Å². The fourth-order valence-electron chi connectivity index (χ4n) is 4.13. The molecule has 160 valence electrons. The molecule has 2 aliphatic heterocycles. The van der Waals surface area contributed by atoms with Gasteiger partial charge >= 0.3 is 0 Å². The molecule has 0 radical (unpaired) electrons. The Labute approximate surface area is 177 Å². The van der Waals surface area contributed by atoms with Crippen LogP contribution in [0.3, 0.4) is 0 Å². The van der Waals surface area contributed by atoms with E-state index in [1.165, 1.54) is 9.87 Å². The first-order chi connectivity index (χ1) is 14.3. The number of nitrogens with one attached hydrogen (secondary N) is 1. The van der Waals surface area contributed by atoms with Gasteiger partial charge in [-0.1, -0.05) is 18.2 Å². The Balaban J connectivity index is 1.39. The fraction of sp³-hybridized carbons (Fsp3) is 0.409. The lowest BCUT2D eigenvalue weighted by Gasteiger charge is -2.34. The summed E-state index contributed by atoms with van der Waals surface area (Å²) in [5.74, 6) is -0.127. The van der Waals surface area contributed by atoms with Gasteiger partial charge in [0.1, 0.15) is 0 Å². The molecular weight excluding hydrogens is 402 g/mol. The third-order valence-corrected chi connectivity index (χ3v) is 7.33. The molecule has 0 saturated carbocycles. The summed E-state index contributed by atoms with van der Waals surface area (Å²) >= 11 is 0. The monoisotopic (exact) mass is 429 g/mol. The third-order valence-electron chi connectivity index (χ3n) is 5.48. The zero-order valence-electron chi connectivity index (χ0n) is 17.2. The van der Waals surface area contributed by atoms with Crippen molar-refractivity contribution in [1.29, 1.82) is 0 Å². The average Bonchev–Trinajstić information content (AvgIpc) is 3.10. The van der Waals surface area contributed by atoms with E-state index in [2.05, 4.69) is 16.3 Å². The molecule has 1 fully saturated rings. The number of fused-ring (bicyclic) bond motifs is 1. The molecule has 1 saturated heterocycles. The molecule has 4 rings (SSSR count). The minimum absolute atomic E-state index is 0.127. The summed E-state index contributed by atoms with van der Waals surface area (Å²) in [4.78, 5) is 14.8. The number of hydrogen-bond donors (Lipinski definition) is 1. The highest BCUT2D eigenvalue weighted by Gasteiger charge is 2.32. The minimum atomic E-state index is -3.59. The van der Waals surface area contributed by atoms with Crippen molar-refractivity contribution in [3.63, 3.8) is 0 Å². The van der Waals surface area contributed by atoms with Crippen molar-refractivity contribution in [2.24, 2.45) is 0 Å². The maximum absolute atomic E-state index is 12.9.